The molecule has 1 heterocycles. The van der Waals surface area contributed by atoms with Gasteiger partial charge in [0.05, 0.1) is 11.7 Å². The zero-order chi connectivity index (χ0) is 25.2. The number of benzene rings is 4. The lowest BCUT2D eigenvalue weighted by atomic mass is 9.76. The first-order chi connectivity index (χ1) is 18.2. The molecule has 3 atom stereocenters. The molecule has 0 saturated carbocycles. The topological polar surface area (TPSA) is 33.6 Å². The van der Waals surface area contributed by atoms with Crippen molar-refractivity contribution < 1.29 is 9.13 Å². The van der Waals surface area contributed by atoms with Crippen molar-refractivity contribution in [3.63, 3.8) is 0 Å². The Morgan fingerprint density at radius 1 is 0.973 bits per heavy atom. The van der Waals surface area contributed by atoms with Crippen LogP contribution in [0.4, 0.5) is 15.8 Å². The van der Waals surface area contributed by atoms with Gasteiger partial charge in [0.1, 0.15) is 18.2 Å². The minimum absolute atomic E-state index is 0.167. The van der Waals surface area contributed by atoms with E-state index in [4.69, 9.17) is 9.73 Å². The quantitative estimate of drug-likeness (QED) is 0.219. The van der Waals surface area contributed by atoms with Crippen LogP contribution in [0, 0.1) is 18.7 Å². The summed E-state index contributed by atoms with van der Waals surface area (Å²) in [5.74, 6) is 1.38. The fourth-order valence-electron chi connectivity index (χ4n) is 5.45. The molecule has 4 heteroatoms. The molecule has 0 spiro atoms. The van der Waals surface area contributed by atoms with Crippen LogP contribution in [0.2, 0.25) is 0 Å². The van der Waals surface area contributed by atoms with Gasteiger partial charge in [-0.2, -0.15) is 0 Å². The molecule has 0 radical (unpaired) electrons. The molecule has 1 aliphatic heterocycles. The Morgan fingerprint density at radius 2 is 1.78 bits per heavy atom. The van der Waals surface area contributed by atoms with Crippen LogP contribution < -0.4 is 10.1 Å². The first-order valence-corrected chi connectivity index (χ1v) is 12.8. The van der Waals surface area contributed by atoms with Gasteiger partial charge in [-0.1, -0.05) is 72.3 Å². The van der Waals surface area contributed by atoms with Gasteiger partial charge in [0.2, 0.25) is 0 Å². The zero-order valence-corrected chi connectivity index (χ0v) is 20.8. The van der Waals surface area contributed by atoms with E-state index in [2.05, 4.69) is 66.9 Å². The number of aliphatic imine (C=N–C) groups is 1. The second-order valence-electron chi connectivity index (χ2n) is 9.83. The third-order valence-corrected chi connectivity index (χ3v) is 7.38. The molecule has 0 bridgehead atoms. The highest BCUT2D eigenvalue weighted by molar-refractivity contribution is 5.85. The Bertz CT molecular complexity index is 1470. The summed E-state index contributed by atoms with van der Waals surface area (Å²) in [6, 6.07) is 29.8. The molecule has 0 fully saturated rings. The number of hydrogen-bond acceptors (Lipinski definition) is 3. The van der Waals surface area contributed by atoms with Gasteiger partial charge in [-0.15, -0.1) is 0 Å². The van der Waals surface area contributed by atoms with Gasteiger partial charge in [0.15, 0.2) is 0 Å². The van der Waals surface area contributed by atoms with Crippen molar-refractivity contribution in [2.24, 2.45) is 10.9 Å². The predicted octanol–water partition coefficient (Wildman–Crippen LogP) is 8.29. The summed E-state index contributed by atoms with van der Waals surface area (Å²) in [4.78, 5) is 4.70. The van der Waals surface area contributed by atoms with Gasteiger partial charge in [-0.05, 0) is 66.8 Å². The average molecular weight is 489 g/mol. The molecule has 4 aromatic rings. The molecule has 37 heavy (non-hydrogen) atoms. The monoisotopic (exact) mass is 488 g/mol. The van der Waals surface area contributed by atoms with Gasteiger partial charge in [0, 0.05) is 28.9 Å². The third-order valence-electron chi connectivity index (χ3n) is 7.38. The summed E-state index contributed by atoms with van der Waals surface area (Å²) >= 11 is 0. The van der Waals surface area contributed by atoms with Gasteiger partial charge in [-0.3, -0.25) is 4.99 Å². The normalized spacial score (nSPS) is 19.9. The van der Waals surface area contributed by atoms with E-state index in [1.165, 1.54) is 28.4 Å². The van der Waals surface area contributed by atoms with Gasteiger partial charge >= 0.3 is 0 Å². The second kappa shape index (κ2) is 10.1. The molecule has 6 rings (SSSR count). The molecule has 0 aromatic heterocycles. The number of ether oxygens (including phenoxy) is 1. The SMILES string of the molecule is Cc1ccc2c(c1)[C@@H]1C=CC[C@@H]1[C@H](c1ccc(N=Cc3ccccc3OCc3ccccc3F)cc1)N2. The summed E-state index contributed by atoms with van der Waals surface area (Å²) in [6.07, 6.45) is 7.59. The molecule has 1 aliphatic carbocycles. The van der Waals surface area contributed by atoms with Crippen LogP contribution in [0.1, 0.15) is 46.2 Å². The van der Waals surface area contributed by atoms with Gasteiger partial charge < -0.3 is 10.1 Å². The van der Waals surface area contributed by atoms with E-state index in [1.54, 1.807) is 18.3 Å². The van der Waals surface area contributed by atoms with E-state index < -0.39 is 0 Å². The van der Waals surface area contributed by atoms with Crippen molar-refractivity contribution in [1.82, 2.24) is 0 Å². The molecule has 4 aromatic carbocycles. The molecule has 3 nitrogen and oxygen atoms in total. The summed E-state index contributed by atoms with van der Waals surface area (Å²) in [5, 5.41) is 3.81. The molecule has 1 N–H and O–H groups in total. The van der Waals surface area contributed by atoms with Crippen LogP contribution in [0.15, 0.2) is 108 Å². The maximum absolute atomic E-state index is 14.0. The van der Waals surface area contributed by atoms with Crippen molar-refractivity contribution in [3.05, 3.63) is 137 Å². The Balaban J connectivity index is 1.18. The van der Waals surface area contributed by atoms with Crippen LogP contribution >= 0.6 is 0 Å². The lowest BCUT2D eigenvalue weighted by molar-refractivity contribution is 0.299. The standard InChI is InChI=1S/C33H29FN2O/c1-22-13-18-31-29(19-22)27-9-6-10-28(27)33(36-31)23-14-16-26(17-15-23)35-20-24-7-3-5-12-32(24)37-21-25-8-2-4-11-30(25)34/h2-9,11-20,27-28,33,36H,10,21H2,1H3/t27-,28+,33+/m1/s1. The summed E-state index contributed by atoms with van der Waals surface area (Å²) in [7, 11) is 0. The Morgan fingerprint density at radius 3 is 2.65 bits per heavy atom. The Hall–Kier alpha value is -4.18. The molecule has 2 aliphatic rings. The summed E-state index contributed by atoms with van der Waals surface area (Å²) < 4.78 is 19.9. The van der Waals surface area contributed by atoms with Crippen molar-refractivity contribution in [2.75, 3.05) is 5.32 Å². The molecule has 0 unspecified atom stereocenters. The number of fused-ring (bicyclic) bond motifs is 3. The largest absolute Gasteiger partial charge is 0.488 e. The smallest absolute Gasteiger partial charge is 0.129 e. The number of nitrogens with zero attached hydrogens (tertiary/aromatic N) is 1. The summed E-state index contributed by atoms with van der Waals surface area (Å²) in [6.45, 7) is 2.33. The Kier molecular flexibility index (Phi) is 6.32. The van der Waals surface area contributed by atoms with Gasteiger partial charge in [-0.25, -0.2) is 4.39 Å². The first-order valence-electron chi connectivity index (χ1n) is 12.8. The zero-order valence-electron chi connectivity index (χ0n) is 20.8. The lowest BCUT2D eigenvalue weighted by Gasteiger charge is -2.37. The molecular weight excluding hydrogens is 459 g/mol. The van der Waals surface area contributed by atoms with E-state index in [-0.39, 0.29) is 18.5 Å². The van der Waals surface area contributed by atoms with Crippen molar-refractivity contribution >= 4 is 17.6 Å². The van der Waals surface area contributed by atoms with Crippen molar-refractivity contribution in [1.29, 1.82) is 0 Å². The number of hydrogen-bond donors (Lipinski definition) is 1. The van der Waals surface area contributed by atoms with E-state index >= 15 is 0 Å². The number of halogens is 1. The van der Waals surface area contributed by atoms with E-state index in [1.807, 2.05) is 30.3 Å². The number of aryl methyl sites for hydroxylation is 1. The van der Waals surface area contributed by atoms with Crippen molar-refractivity contribution in [3.8, 4) is 5.75 Å². The maximum atomic E-state index is 14.0. The van der Waals surface area contributed by atoms with Crippen LogP contribution in [0.3, 0.4) is 0 Å². The predicted molar refractivity (Wildman–Crippen MR) is 148 cm³/mol. The highest BCUT2D eigenvalue weighted by atomic mass is 19.1. The third kappa shape index (κ3) is 4.79. The highest BCUT2D eigenvalue weighted by Gasteiger charge is 2.37. The molecule has 184 valence electrons. The first kappa shape index (κ1) is 23.2. The number of rotatable bonds is 6. The maximum Gasteiger partial charge on any atom is 0.129 e. The fraction of sp³-hybridized carbons (Fsp3) is 0.182. The second-order valence-corrected chi connectivity index (χ2v) is 9.83. The van der Waals surface area contributed by atoms with Crippen LogP contribution in [-0.2, 0) is 6.61 Å². The van der Waals surface area contributed by atoms with E-state index in [0.29, 0.717) is 23.1 Å². The van der Waals surface area contributed by atoms with E-state index in [0.717, 1.165) is 17.7 Å². The lowest BCUT2D eigenvalue weighted by Crippen LogP contribution is -2.29. The van der Waals surface area contributed by atoms with Crippen LogP contribution in [-0.4, -0.2) is 6.21 Å². The number of allylic oxidation sites excluding steroid dienone is 2. The Labute approximate surface area is 217 Å². The molecular formula is C33H29FN2O. The fourth-order valence-corrected chi connectivity index (χ4v) is 5.45. The minimum Gasteiger partial charge on any atom is -0.488 e. The molecule has 0 saturated heterocycles. The number of anilines is 1. The highest BCUT2D eigenvalue weighted by Crippen LogP contribution is 2.50. The number of nitrogens with one attached hydrogen (secondary N) is 1. The van der Waals surface area contributed by atoms with Crippen molar-refractivity contribution in [2.45, 2.75) is 31.9 Å². The van der Waals surface area contributed by atoms with Crippen LogP contribution in [0.5, 0.6) is 5.75 Å². The summed E-state index contributed by atoms with van der Waals surface area (Å²) in [5.41, 5.74) is 7.48. The molecule has 0 amide bonds. The number of para-hydroxylation sites is 1. The van der Waals surface area contributed by atoms with Crippen LogP contribution in [0.25, 0.3) is 0 Å². The van der Waals surface area contributed by atoms with Gasteiger partial charge in [0.25, 0.3) is 0 Å². The van der Waals surface area contributed by atoms with E-state index in [9.17, 15) is 4.39 Å². The minimum atomic E-state index is -0.264. The average Bonchev–Trinajstić information content (AvgIpc) is 3.43.